The molecule has 0 saturated carbocycles. The van der Waals surface area contributed by atoms with Crippen molar-refractivity contribution in [3.8, 4) is 0 Å². The molecule has 0 unspecified atom stereocenters. The Bertz CT molecular complexity index is 990. The third kappa shape index (κ3) is 3.83. The Labute approximate surface area is 151 Å². The largest absolute Gasteiger partial charge is 0.432 e. The Balaban J connectivity index is 1.81. The summed E-state index contributed by atoms with van der Waals surface area (Å²) in [5.74, 6) is -1.19. The van der Waals surface area contributed by atoms with E-state index in [9.17, 15) is 22.4 Å². The zero-order chi connectivity index (χ0) is 19.8. The van der Waals surface area contributed by atoms with E-state index in [2.05, 4.69) is 15.5 Å². The van der Waals surface area contributed by atoms with Crippen LogP contribution in [0.1, 0.15) is 33.1 Å². The number of nitrogens with zero attached hydrogens (tertiary/aromatic N) is 3. The summed E-state index contributed by atoms with van der Waals surface area (Å²) in [6, 6.07) is 6.85. The molecule has 0 fully saturated rings. The molecule has 1 amide bonds. The number of halogens is 4. The van der Waals surface area contributed by atoms with Crippen molar-refractivity contribution in [3.05, 3.63) is 64.5 Å². The number of aromatic amines is 1. The monoisotopic (exact) mass is 381 g/mol. The fraction of sp³-hybridized carbons (Fsp3) is 0.235. The van der Waals surface area contributed by atoms with Gasteiger partial charge >= 0.3 is 6.18 Å². The van der Waals surface area contributed by atoms with Crippen molar-refractivity contribution in [3.63, 3.8) is 0 Å². The number of benzene rings is 1. The summed E-state index contributed by atoms with van der Waals surface area (Å²) >= 11 is 0. The lowest BCUT2D eigenvalue weighted by Crippen LogP contribution is -2.14. The minimum absolute atomic E-state index is 0.149. The van der Waals surface area contributed by atoms with Crippen LogP contribution < -0.4 is 5.32 Å². The van der Waals surface area contributed by atoms with Crippen molar-refractivity contribution < 1.29 is 22.4 Å². The van der Waals surface area contributed by atoms with Crippen LogP contribution in [0.5, 0.6) is 0 Å². The number of amides is 1. The van der Waals surface area contributed by atoms with E-state index in [1.54, 1.807) is 37.1 Å². The van der Waals surface area contributed by atoms with Crippen molar-refractivity contribution in [2.24, 2.45) is 0 Å². The number of nitrogens with one attached hydrogen (secondary N) is 2. The van der Waals surface area contributed by atoms with Gasteiger partial charge in [0, 0.05) is 11.6 Å². The molecular weight excluding hydrogens is 366 g/mol. The van der Waals surface area contributed by atoms with Crippen LogP contribution in [0.2, 0.25) is 0 Å². The second kappa shape index (κ2) is 6.86. The fourth-order valence-electron chi connectivity index (χ4n) is 2.58. The second-order valence-corrected chi connectivity index (χ2v) is 5.91. The quantitative estimate of drug-likeness (QED) is 0.677. The molecule has 2 N–H and O–H groups in total. The molecule has 6 nitrogen and oxygen atoms in total. The molecule has 10 heteroatoms. The van der Waals surface area contributed by atoms with Crippen LogP contribution >= 0.6 is 0 Å². The molecule has 0 saturated heterocycles. The molecule has 3 rings (SSSR count). The number of aromatic nitrogens is 4. The van der Waals surface area contributed by atoms with Gasteiger partial charge in [0.25, 0.3) is 5.91 Å². The molecule has 142 valence electrons. The molecule has 0 radical (unpaired) electrons. The number of carbonyl (C=O) groups is 1. The smallest absolute Gasteiger partial charge is 0.317 e. The molecular formula is C17H15F4N5O. The molecule has 1 aromatic carbocycles. The van der Waals surface area contributed by atoms with Crippen LogP contribution in [-0.4, -0.2) is 25.9 Å². The minimum atomic E-state index is -4.62. The van der Waals surface area contributed by atoms with Crippen LogP contribution in [-0.2, 0) is 12.7 Å². The summed E-state index contributed by atoms with van der Waals surface area (Å²) in [5, 5.41) is 12.0. The van der Waals surface area contributed by atoms with E-state index >= 15 is 0 Å². The Morgan fingerprint density at radius 3 is 2.59 bits per heavy atom. The first-order valence-corrected chi connectivity index (χ1v) is 7.88. The number of H-pyrrole nitrogens is 1. The summed E-state index contributed by atoms with van der Waals surface area (Å²) in [5.41, 5.74) is 0.231. The Morgan fingerprint density at radius 2 is 1.96 bits per heavy atom. The zero-order valence-corrected chi connectivity index (χ0v) is 14.4. The maximum atomic E-state index is 13.8. The molecule has 27 heavy (non-hydrogen) atoms. The fourth-order valence-corrected chi connectivity index (χ4v) is 2.58. The van der Waals surface area contributed by atoms with Crippen LogP contribution in [0.25, 0.3) is 0 Å². The Morgan fingerprint density at radius 1 is 1.26 bits per heavy atom. The van der Waals surface area contributed by atoms with Crippen LogP contribution in [0.3, 0.4) is 0 Å². The lowest BCUT2D eigenvalue weighted by atomic mass is 10.2. The molecule has 0 aliphatic rings. The summed E-state index contributed by atoms with van der Waals surface area (Å²) in [7, 11) is 0. The van der Waals surface area contributed by atoms with E-state index < -0.39 is 23.5 Å². The first-order valence-electron chi connectivity index (χ1n) is 7.88. The molecule has 0 aliphatic carbocycles. The summed E-state index contributed by atoms with van der Waals surface area (Å²) in [6.07, 6.45) is -4.62. The summed E-state index contributed by atoms with van der Waals surface area (Å²) in [4.78, 5) is 12.2. The maximum Gasteiger partial charge on any atom is 0.432 e. The number of carbonyl (C=O) groups excluding carboxylic acids is 1. The first kappa shape index (κ1) is 18.6. The molecule has 3 aromatic rings. The van der Waals surface area contributed by atoms with Gasteiger partial charge in [-0.25, -0.2) is 4.39 Å². The molecule has 0 atom stereocenters. The predicted molar refractivity (Wildman–Crippen MR) is 88.7 cm³/mol. The number of anilines is 1. The van der Waals surface area contributed by atoms with Gasteiger partial charge in [0.2, 0.25) is 0 Å². The third-order valence-corrected chi connectivity index (χ3v) is 4.01. The van der Waals surface area contributed by atoms with Gasteiger partial charge < -0.3 is 5.32 Å². The van der Waals surface area contributed by atoms with E-state index in [1.165, 1.54) is 10.7 Å². The van der Waals surface area contributed by atoms with Gasteiger partial charge in [0.05, 0.1) is 23.6 Å². The van der Waals surface area contributed by atoms with E-state index in [-0.39, 0.29) is 12.4 Å². The summed E-state index contributed by atoms with van der Waals surface area (Å²) in [6.45, 7) is 3.45. The van der Waals surface area contributed by atoms with Crippen molar-refractivity contribution in [1.82, 2.24) is 20.0 Å². The minimum Gasteiger partial charge on any atom is -0.317 e. The first-order chi connectivity index (χ1) is 12.7. The molecule has 2 heterocycles. The summed E-state index contributed by atoms with van der Waals surface area (Å²) < 4.78 is 53.2. The topological polar surface area (TPSA) is 75.6 Å². The van der Waals surface area contributed by atoms with E-state index in [0.29, 0.717) is 28.7 Å². The standard InChI is InChI=1S/C17H15F4N5O/c1-9-15(22-16(27)13-7-14(24-23-13)17(19,20)21)10(2)26(25-9)8-11-5-3-4-6-12(11)18/h3-7H,8H2,1-2H3,(H,22,27)(H,23,24). The number of alkyl halides is 3. The van der Waals surface area contributed by atoms with Crippen molar-refractivity contribution in [2.75, 3.05) is 5.32 Å². The van der Waals surface area contributed by atoms with Gasteiger partial charge in [-0.1, -0.05) is 18.2 Å². The normalized spacial score (nSPS) is 11.6. The number of aryl methyl sites for hydroxylation is 1. The molecule has 0 spiro atoms. The lowest BCUT2D eigenvalue weighted by molar-refractivity contribution is -0.141. The van der Waals surface area contributed by atoms with Gasteiger partial charge in [-0.3, -0.25) is 14.6 Å². The average molecular weight is 381 g/mol. The highest BCUT2D eigenvalue weighted by atomic mass is 19.4. The third-order valence-electron chi connectivity index (χ3n) is 4.01. The lowest BCUT2D eigenvalue weighted by Gasteiger charge is -2.07. The van der Waals surface area contributed by atoms with Crippen LogP contribution in [0, 0.1) is 19.7 Å². The maximum absolute atomic E-state index is 13.8. The van der Waals surface area contributed by atoms with Gasteiger partial charge in [0.15, 0.2) is 5.69 Å². The Kier molecular flexibility index (Phi) is 4.73. The number of rotatable bonds is 4. The highest BCUT2D eigenvalue weighted by Crippen LogP contribution is 2.28. The van der Waals surface area contributed by atoms with Crippen molar-refractivity contribution in [2.45, 2.75) is 26.6 Å². The van der Waals surface area contributed by atoms with E-state index in [0.717, 1.165) is 0 Å². The van der Waals surface area contributed by atoms with Gasteiger partial charge in [-0.15, -0.1) is 0 Å². The second-order valence-electron chi connectivity index (χ2n) is 5.91. The van der Waals surface area contributed by atoms with Crippen LogP contribution in [0.4, 0.5) is 23.2 Å². The van der Waals surface area contributed by atoms with Crippen molar-refractivity contribution >= 4 is 11.6 Å². The van der Waals surface area contributed by atoms with Crippen molar-refractivity contribution in [1.29, 1.82) is 0 Å². The van der Waals surface area contributed by atoms with E-state index in [1.807, 2.05) is 0 Å². The van der Waals surface area contributed by atoms with Crippen LogP contribution in [0.15, 0.2) is 30.3 Å². The highest BCUT2D eigenvalue weighted by Gasteiger charge is 2.34. The van der Waals surface area contributed by atoms with E-state index in [4.69, 9.17) is 0 Å². The van der Waals surface area contributed by atoms with Gasteiger partial charge in [-0.05, 0) is 19.9 Å². The zero-order valence-electron chi connectivity index (χ0n) is 14.4. The predicted octanol–water partition coefficient (Wildman–Crippen LogP) is 3.68. The van der Waals surface area contributed by atoms with Gasteiger partial charge in [0.1, 0.15) is 11.5 Å². The van der Waals surface area contributed by atoms with Gasteiger partial charge in [-0.2, -0.15) is 23.4 Å². The molecule has 0 bridgehead atoms. The molecule has 0 aliphatic heterocycles. The number of hydrogen-bond donors (Lipinski definition) is 2. The average Bonchev–Trinajstić information content (AvgIpc) is 3.18. The SMILES string of the molecule is Cc1nn(Cc2ccccc2F)c(C)c1NC(=O)c1cc(C(F)(F)F)[nH]n1. The molecule has 2 aromatic heterocycles. The Hall–Kier alpha value is -3.17. The number of hydrogen-bond acceptors (Lipinski definition) is 3. The highest BCUT2D eigenvalue weighted by molar-refractivity contribution is 6.03.